The van der Waals surface area contributed by atoms with Crippen LogP contribution in [0.4, 0.5) is 0 Å². The van der Waals surface area contributed by atoms with Crippen molar-refractivity contribution in [1.82, 2.24) is 0 Å². The minimum absolute atomic E-state index is 0.603. The van der Waals surface area contributed by atoms with Crippen LogP contribution in [0.5, 0.6) is 0 Å². The number of aliphatic imine (C=N–C) groups is 2. The van der Waals surface area contributed by atoms with Gasteiger partial charge in [0.15, 0.2) is 5.84 Å². The molecule has 2 nitrogen and oxygen atoms in total. The number of nitrogens with zero attached hydrogens (tertiary/aromatic N) is 2. The Labute approximate surface area is 270 Å². The fraction of sp³-hybridized carbons (Fsp3) is 0.0244. The molecule has 0 aliphatic heterocycles. The smallest absolute Gasteiger partial charge is 0.158 e. The van der Waals surface area contributed by atoms with E-state index in [2.05, 4.69) is 152 Å². The Morgan fingerprint density at radius 3 is 1.62 bits per heavy atom. The summed E-state index contributed by atoms with van der Waals surface area (Å²) < 4.78 is 5.23. The van der Waals surface area contributed by atoms with Gasteiger partial charge < -0.3 is 0 Å². The van der Waals surface area contributed by atoms with Crippen LogP contribution in [0.2, 0.25) is 0 Å². The zero-order chi connectivity index (χ0) is 30.3. The van der Waals surface area contributed by atoms with Crippen molar-refractivity contribution < 1.29 is 0 Å². The molecule has 2 heterocycles. The quantitative estimate of drug-likeness (QED) is 0.136. The Bertz CT molecular complexity index is 2470. The van der Waals surface area contributed by atoms with Gasteiger partial charge >= 0.3 is 0 Å². The Balaban J connectivity index is 1.13. The van der Waals surface area contributed by atoms with Crippen LogP contribution < -0.4 is 0 Å². The zero-order valence-electron chi connectivity index (χ0n) is 24.7. The van der Waals surface area contributed by atoms with E-state index >= 15 is 0 Å². The molecule has 8 rings (SSSR count). The molecule has 0 spiro atoms. The molecule has 214 valence electrons. The zero-order valence-corrected chi connectivity index (χ0v) is 26.3. The molecule has 0 amide bonds. The van der Waals surface area contributed by atoms with E-state index in [1.165, 1.54) is 57.0 Å². The monoisotopic (exact) mass is 612 g/mol. The normalized spacial score (nSPS) is 12.5. The molecule has 0 N–H and O–H groups in total. The van der Waals surface area contributed by atoms with E-state index in [-0.39, 0.29) is 0 Å². The molecule has 0 fully saturated rings. The van der Waals surface area contributed by atoms with Crippen LogP contribution in [0.25, 0.3) is 68.2 Å². The third kappa shape index (κ3) is 4.89. The average Bonchev–Trinajstić information content (AvgIpc) is 3.67. The van der Waals surface area contributed by atoms with E-state index in [4.69, 9.17) is 4.99 Å². The van der Waals surface area contributed by atoms with Crippen molar-refractivity contribution >= 4 is 81.1 Å². The fourth-order valence-electron chi connectivity index (χ4n) is 6.15. The molecule has 0 aliphatic rings. The van der Waals surface area contributed by atoms with E-state index in [0.29, 0.717) is 5.84 Å². The van der Waals surface area contributed by atoms with E-state index in [0.717, 1.165) is 22.3 Å². The maximum absolute atomic E-state index is 4.83. The Hall–Kier alpha value is -5.16. The second kappa shape index (κ2) is 11.4. The molecule has 0 atom stereocenters. The largest absolute Gasteiger partial charge is 0.245 e. The second-order valence-electron chi connectivity index (χ2n) is 11.1. The lowest BCUT2D eigenvalue weighted by atomic mass is 9.98. The third-order valence-corrected chi connectivity index (χ3v) is 10.8. The lowest BCUT2D eigenvalue weighted by molar-refractivity contribution is 1.44. The van der Waals surface area contributed by atoms with Gasteiger partial charge in [-0.2, -0.15) is 0 Å². The van der Waals surface area contributed by atoms with Gasteiger partial charge in [-0.25, -0.2) is 9.98 Å². The van der Waals surface area contributed by atoms with Gasteiger partial charge in [0.05, 0.1) is 0 Å². The number of thiophene rings is 2. The van der Waals surface area contributed by atoms with Crippen LogP contribution in [0.15, 0.2) is 150 Å². The van der Waals surface area contributed by atoms with Crippen molar-refractivity contribution in [1.29, 1.82) is 0 Å². The van der Waals surface area contributed by atoms with Crippen LogP contribution in [-0.2, 0) is 0 Å². The highest BCUT2D eigenvalue weighted by molar-refractivity contribution is 7.26. The van der Waals surface area contributed by atoms with Gasteiger partial charge in [-0.05, 0) is 71.3 Å². The van der Waals surface area contributed by atoms with E-state index in [1.54, 1.807) is 0 Å². The number of benzene rings is 6. The molecule has 4 heteroatoms. The highest BCUT2D eigenvalue weighted by Crippen LogP contribution is 2.41. The highest BCUT2D eigenvalue weighted by Gasteiger charge is 2.13. The number of allylic oxidation sites excluding steroid dienone is 1. The molecular formula is C41H28N2S2. The fourth-order valence-corrected chi connectivity index (χ4v) is 8.62. The average molecular weight is 613 g/mol. The summed E-state index contributed by atoms with van der Waals surface area (Å²) in [5.74, 6) is 0.603. The van der Waals surface area contributed by atoms with Gasteiger partial charge in [-0.1, -0.05) is 109 Å². The molecule has 2 aromatic heterocycles. The highest BCUT2D eigenvalue weighted by atomic mass is 32.1. The minimum atomic E-state index is 0.603. The first-order valence-corrected chi connectivity index (χ1v) is 16.5. The maximum Gasteiger partial charge on any atom is 0.158 e. The van der Waals surface area contributed by atoms with Gasteiger partial charge in [0.2, 0.25) is 0 Å². The van der Waals surface area contributed by atoms with Crippen LogP contribution in [0.3, 0.4) is 0 Å². The summed E-state index contributed by atoms with van der Waals surface area (Å²) >= 11 is 3.70. The summed E-state index contributed by atoms with van der Waals surface area (Å²) in [5, 5.41) is 5.21. The molecule has 0 aliphatic carbocycles. The van der Waals surface area contributed by atoms with Crippen molar-refractivity contribution in [2.24, 2.45) is 9.98 Å². The number of hydrogen-bond donors (Lipinski definition) is 0. The third-order valence-electron chi connectivity index (χ3n) is 8.40. The molecule has 0 saturated heterocycles. The van der Waals surface area contributed by atoms with Crippen molar-refractivity contribution in [2.75, 3.05) is 0 Å². The molecule has 6 aromatic carbocycles. The first-order chi connectivity index (χ1) is 22.2. The first-order valence-electron chi connectivity index (χ1n) is 14.9. The van der Waals surface area contributed by atoms with Gasteiger partial charge in [-0.15, -0.1) is 22.7 Å². The van der Waals surface area contributed by atoms with Crippen LogP contribution in [0.1, 0.15) is 18.1 Å². The number of hydrogen-bond acceptors (Lipinski definition) is 3. The molecular weight excluding hydrogens is 585 g/mol. The number of amidine groups is 1. The van der Waals surface area contributed by atoms with Crippen LogP contribution in [-0.4, -0.2) is 12.6 Å². The number of rotatable bonds is 5. The van der Waals surface area contributed by atoms with Gasteiger partial charge in [0.25, 0.3) is 0 Å². The summed E-state index contributed by atoms with van der Waals surface area (Å²) in [7, 11) is 0. The Kier molecular flexibility index (Phi) is 6.94. The molecule has 0 saturated carbocycles. The first kappa shape index (κ1) is 27.4. The summed E-state index contributed by atoms with van der Waals surface area (Å²) in [6.07, 6.45) is 1.91. The Morgan fingerprint density at radius 1 is 0.556 bits per heavy atom. The van der Waals surface area contributed by atoms with Crippen molar-refractivity contribution in [3.63, 3.8) is 0 Å². The molecule has 0 radical (unpaired) electrons. The predicted octanol–water partition coefficient (Wildman–Crippen LogP) is 12.3. The topological polar surface area (TPSA) is 24.7 Å². The second-order valence-corrected chi connectivity index (χ2v) is 13.2. The maximum atomic E-state index is 4.83. The minimum Gasteiger partial charge on any atom is -0.245 e. The Morgan fingerprint density at radius 2 is 1.04 bits per heavy atom. The van der Waals surface area contributed by atoms with Crippen LogP contribution in [0, 0.1) is 0 Å². The van der Waals surface area contributed by atoms with Gasteiger partial charge in [-0.3, -0.25) is 0 Å². The van der Waals surface area contributed by atoms with Crippen LogP contribution >= 0.6 is 22.7 Å². The predicted molar refractivity (Wildman–Crippen MR) is 199 cm³/mol. The standard InChI is InChI=1S/C41H28N2S2/c1-26(27-11-7-12-28(23-27)31-17-9-19-35-33-15-3-5-21-37(33)44-39(31)35)25-43-41(42-2)30-14-8-13-29(24-30)32-18-10-20-36-34-16-4-6-22-38(34)45-40(32)36/h3-25H,2H2,1H3/b26-25+,43-41?. The van der Waals surface area contributed by atoms with Crippen molar-refractivity contribution in [3.8, 4) is 22.3 Å². The summed E-state index contributed by atoms with van der Waals surface area (Å²) in [6, 6.07) is 47.6. The summed E-state index contributed by atoms with van der Waals surface area (Å²) in [4.78, 5) is 9.17. The number of fused-ring (bicyclic) bond motifs is 6. The molecule has 0 bridgehead atoms. The molecule has 8 aromatic rings. The summed E-state index contributed by atoms with van der Waals surface area (Å²) in [6.45, 7) is 5.96. The lowest BCUT2D eigenvalue weighted by Gasteiger charge is -2.08. The van der Waals surface area contributed by atoms with Gasteiger partial charge in [0.1, 0.15) is 0 Å². The summed E-state index contributed by atoms with van der Waals surface area (Å²) in [5.41, 5.74) is 7.95. The molecule has 0 unspecified atom stereocenters. The van der Waals surface area contributed by atoms with E-state index < -0.39 is 0 Å². The van der Waals surface area contributed by atoms with E-state index in [1.807, 2.05) is 28.9 Å². The lowest BCUT2D eigenvalue weighted by Crippen LogP contribution is -1.96. The van der Waals surface area contributed by atoms with E-state index in [9.17, 15) is 0 Å². The van der Waals surface area contributed by atoms with Crippen molar-refractivity contribution in [2.45, 2.75) is 6.92 Å². The molecule has 45 heavy (non-hydrogen) atoms. The van der Waals surface area contributed by atoms with Gasteiger partial charge in [0, 0.05) is 52.1 Å². The SMILES string of the molecule is C=NC(=N/C=C(\C)c1cccc(-c2cccc3c2sc2ccccc23)c1)c1cccc(-c2cccc3c2sc2ccccc23)c1. The van der Waals surface area contributed by atoms with Crippen molar-refractivity contribution in [3.05, 3.63) is 151 Å².